The Hall–Kier alpha value is -2.83. The highest BCUT2D eigenvalue weighted by molar-refractivity contribution is 7.18. The second kappa shape index (κ2) is 7.82. The van der Waals surface area contributed by atoms with E-state index < -0.39 is 0 Å². The molecular formula is C21H20N4OS. The summed E-state index contributed by atoms with van der Waals surface area (Å²) in [5.74, 6) is 0.570. The van der Waals surface area contributed by atoms with Crippen molar-refractivity contribution in [1.82, 2.24) is 15.0 Å². The number of fused-ring (bicyclic) bond motifs is 1. The minimum atomic E-state index is 0.149. The SMILES string of the molecule is Cc1nc(-c2ccc3ccccc3c2)sc1-c1ccnc(NCCCO)n1. The van der Waals surface area contributed by atoms with Crippen molar-refractivity contribution < 1.29 is 5.11 Å². The molecule has 4 rings (SSSR count). The van der Waals surface area contributed by atoms with Gasteiger partial charge in [0.1, 0.15) is 5.01 Å². The lowest BCUT2D eigenvalue weighted by atomic mass is 10.1. The van der Waals surface area contributed by atoms with Gasteiger partial charge < -0.3 is 10.4 Å². The molecule has 0 bridgehead atoms. The average molecular weight is 376 g/mol. The minimum Gasteiger partial charge on any atom is -0.396 e. The Balaban J connectivity index is 1.65. The van der Waals surface area contributed by atoms with Gasteiger partial charge in [-0.3, -0.25) is 0 Å². The smallest absolute Gasteiger partial charge is 0.223 e. The lowest BCUT2D eigenvalue weighted by Gasteiger charge is -2.04. The third-order valence-electron chi connectivity index (χ3n) is 4.30. The van der Waals surface area contributed by atoms with Gasteiger partial charge in [0, 0.05) is 24.9 Å². The number of anilines is 1. The number of aliphatic hydroxyl groups is 1. The summed E-state index contributed by atoms with van der Waals surface area (Å²) in [6, 6.07) is 16.7. The van der Waals surface area contributed by atoms with Gasteiger partial charge in [0.05, 0.1) is 16.3 Å². The highest BCUT2D eigenvalue weighted by Gasteiger charge is 2.13. The standard InChI is InChI=1S/C21H20N4OS/c1-14-19(18-9-11-23-21(25-18)22-10-4-12-26)27-20(24-14)17-8-7-15-5-2-3-6-16(15)13-17/h2-3,5-9,11,13,26H,4,10,12H2,1H3,(H,22,23,25). The maximum absolute atomic E-state index is 8.90. The Morgan fingerprint density at radius 2 is 1.89 bits per heavy atom. The van der Waals surface area contributed by atoms with Crippen molar-refractivity contribution in [3.8, 4) is 21.1 Å². The van der Waals surface area contributed by atoms with Crippen LogP contribution in [0.1, 0.15) is 12.1 Å². The number of benzene rings is 2. The number of aliphatic hydroxyl groups excluding tert-OH is 1. The van der Waals surface area contributed by atoms with E-state index >= 15 is 0 Å². The summed E-state index contributed by atoms with van der Waals surface area (Å²) >= 11 is 1.64. The molecule has 136 valence electrons. The van der Waals surface area contributed by atoms with E-state index in [0.29, 0.717) is 18.9 Å². The van der Waals surface area contributed by atoms with Crippen LogP contribution in [0.5, 0.6) is 0 Å². The first-order valence-electron chi connectivity index (χ1n) is 8.89. The molecule has 0 aliphatic heterocycles. The molecule has 27 heavy (non-hydrogen) atoms. The van der Waals surface area contributed by atoms with Crippen LogP contribution in [0.4, 0.5) is 5.95 Å². The molecule has 0 fully saturated rings. The van der Waals surface area contributed by atoms with Crippen molar-refractivity contribution in [2.24, 2.45) is 0 Å². The minimum absolute atomic E-state index is 0.149. The fraction of sp³-hybridized carbons (Fsp3) is 0.190. The number of rotatable bonds is 6. The third-order valence-corrected chi connectivity index (χ3v) is 5.53. The monoisotopic (exact) mass is 376 g/mol. The van der Waals surface area contributed by atoms with Crippen LogP contribution in [0.25, 0.3) is 31.9 Å². The second-order valence-electron chi connectivity index (χ2n) is 6.26. The summed E-state index contributed by atoms with van der Waals surface area (Å²) in [6.07, 6.45) is 2.41. The topological polar surface area (TPSA) is 70.9 Å². The number of aryl methyl sites for hydroxylation is 1. The van der Waals surface area contributed by atoms with Crippen LogP contribution in [-0.2, 0) is 0 Å². The summed E-state index contributed by atoms with van der Waals surface area (Å²) in [7, 11) is 0. The van der Waals surface area contributed by atoms with Crippen LogP contribution >= 0.6 is 11.3 Å². The van der Waals surface area contributed by atoms with E-state index in [1.807, 2.05) is 13.0 Å². The largest absolute Gasteiger partial charge is 0.396 e. The lowest BCUT2D eigenvalue weighted by molar-refractivity contribution is 0.292. The van der Waals surface area contributed by atoms with E-state index in [1.54, 1.807) is 17.5 Å². The van der Waals surface area contributed by atoms with Crippen LogP contribution in [-0.4, -0.2) is 33.2 Å². The maximum atomic E-state index is 8.90. The Morgan fingerprint density at radius 1 is 1.04 bits per heavy atom. The normalized spacial score (nSPS) is 11.0. The molecule has 6 heteroatoms. The quantitative estimate of drug-likeness (QED) is 0.484. The number of nitrogens with one attached hydrogen (secondary N) is 1. The summed E-state index contributed by atoms with van der Waals surface area (Å²) in [5.41, 5.74) is 2.94. The van der Waals surface area contributed by atoms with Crippen LogP contribution < -0.4 is 5.32 Å². The van der Waals surface area contributed by atoms with Crippen molar-refractivity contribution >= 4 is 28.1 Å². The molecule has 0 radical (unpaired) electrons. The molecular weight excluding hydrogens is 356 g/mol. The summed E-state index contributed by atoms with van der Waals surface area (Å²) < 4.78 is 0. The Morgan fingerprint density at radius 3 is 2.74 bits per heavy atom. The molecule has 4 aromatic rings. The number of hydrogen-bond donors (Lipinski definition) is 2. The predicted octanol–water partition coefficient (Wildman–Crippen LogP) is 4.52. The number of aromatic nitrogens is 3. The highest BCUT2D eigenvalue weighted by Crippen LogP contribution is 2.35. The summed E-state index contributed by atoms with van der Waals surface area (Å²) in [5, 5.41) is 15.5. The van der Waals surface area contributed by atoms with Gasteiger partial charge >= 0.3 is 0 Å². The van der Waals surface area contributed by atoms with Crippen LogP contribution in [0, 0.1) is 6.92 Å². The number of thiazole rings is 1. The van der Waals surface area contributed by atoms with Crippen molar-refractivity contribution in [1.29, 1.82) is 0 Å². The van der Waals surface area contributed by atoms with Gasteiger partial charge in [-0.05, 0) is 36.2 Å². The van der Waals surface area contributed by atoms with E-state index in [4.69, 9.17) is 10.1 Å². The predicted molar refractivity (Wildman–Crippen MR) is 111 cm³/mol. The zero-order valence-corrected chi connectivity index (χ0v) is 15.8. The highest BCUT2D eigenvalue weighted by atomic mass is 32.1. The van der Waals surface area contributed by atoms with E-state index in [2.05, 4.69) is 57.7 Å². The molecule has 0 saturated heterocycles. The first-order chi connectivity index (χ1) is 13.2. The van der Waals surface area contributed by atoms with Crippen LogP contribution in [0.3, 0.4) is 0 Å². The van der Waals surface area contributed by atoms with Gasteiger partial charge in [-0.15, -0.1) is 11.3 Å². The molecule has 0 amide bonds. The van der Waals surface area contributed by atoms with Gasteiger partial charge in [0.2, 0.25) is 5.95 Å². The van der Waals surface area contributed by atoms with Crippen molar-refractivity contribution in [3.05, 3.63) is 60.4 Å². The van der Waals surface area contributed by atoms with E-state index in [9.17, 15) is 0 Å². The Kier molecular flexibility index (Phi) is 5.09. The molecule has 2 aromatic carbocycles. The summed E-state index contributed by atoms with van der Waals surface area (Å²) in [4.78, 5) is 14.7. The van der Waals surface area contributed by atoms with Gasteiger partial charge in [-0.2, -0.15) is 0 Å². The molecule has 0 unspecified atom stereocenters. The van der Waals surface area contributed by atoms with Crippen LogP contribution in [0.15, 0.2) is 54.7 Å². The van der Waals surface area contributed by atoms with Crippen molar-refractivity contribution in [3.63, 3.8) is 0 Å². The molecule has 0 aliphatic carbocycles. The molecule has 0 aliphatic rings. The van der Waals surface area contributed by atoms with E-state index in [-0.39, 0.29) is 6.61 Å². The van der Waals surface area contributed by atoms with E-state index in [1.165, 1.54) is 10.8 Å². The van der Waals surface area contributed by atoms with Gasteiger partial charge in [-0.25, -0.2) is 15.0 Å². The first-order valence-corrected chi connectivity index (χ1v) is 9.71. The summed E-state index contributed by atoms with van der Waals surface area (Å²) in [6.45, 7) is 2.80. The van der Waals surface area contributed by atoms with Crippen LogP contribution in [0.2, 0.25) is 0 Å². The van der Waals surface area contributed by atoms with Crippen molar-refractivity contribution in [2.75, 3.05) is 18.5 Å². The van der Waals surface area contributed by atoms with Gasteiger partial charge in [-0.1, -0.05) is 36.4 Å². The molecule has 0 atom stereocenters. The lowest BCUT2D eigenvalue weighted by Crippen LogP contribution is -2.06. The van der Waals surface area contributed by atoms with Crippen molar-refractivity contribution in [2.45, 2.75) is 13.3 Å². The molecule has 0 saturated carbocycles. The fourth-order valence-corrected chi connectivity index (χ4v) is 3.96. The zero-order chi connectivity index (χ0) is 18.6. The molecule has 2 N–H and O–H groups in total. The first kappa shape index (κ1) is 17.6. The Bertz CT molecular complexity index is 1080. The van der Waals surface area contributed by atoms with Gasteiger partial charge in [0.25, 0.3) is 0 Å². The third kappa shape index (κ3) is 3.82. The van der Waals surface area contributed by atoms with Gasteiger partial charge in [0.15, 0.2) is 0 Å². The zero-order valence-electron chi connectivity index (χ0n) is 15.0. The maximum Gasteiger partial charge on any atom is 0.223 e. The molecule has 2 aromatic heterocycles. The Labute approximate surface area is 161 Å². The average Bonchev–Trinajstić information content (AvgIpc) is 3.10. The number of hydrogen-bond acceptors (Lipinski definition) is 6. The number of nitrogens with zero attached hydrogens (tertiary/aromatic N) is 3. The molecule has 5 nitrogen and oxygen atoms in total. The fourth-order valence-electron chi connectivity index (χ4n) is 2.93. The molecule has 2 heterocycles. The van der Waals surface area contributed by atoms with E-state index in [0.717, 1.165) is 26.8 Å². The molecule has 0 spiro atoms. The second-order valence-corrected chi connectivity index (χ2v) is 7.26.